The summed E-state index contributed by atoms with van der Waals surface area (Å²) in [6, 6.07) is 17.5. The van der Waals surface area contributed by atoms with E-state index in [9.17, 15) is 9.59 Å². The average Bonchev–Trinajstić information content (AvgIpc) is 3.20. The third-order valence-corrected chi connectivity index (χ3v) is 7.55. The number of fused-ring (bicyclic) bond motifs is 1. The first-order valence-corrected chi connectivity index (χ1v) is 10.9. The highest BCUT2D eigenvalue weighted by Crippen LogP contribution is 2.38. The third kappa shape index (κ3) is 3.79. The molecule has 0 saturated heterocycles. The fourth-order valence-electron chi connectivity index (χ4n) is 3.22. The fourth-order valence-corrected chi connectivity index (χ4v) is 5.87. The molecule has 0 radical (unpaired) electrons. The van der Waals surface area contributed by atoms with Gasteiger partial charge in [-0.1, -0.05) is 60.1 Å². The normalized spacial score (nSPS) is 11.0. The van der Waals surface area contributed by atoms with Crippen LogP contribution in [0.2, 0.25) is 5.02 Å². The minimum absolute atomic E-state index is 0.341. The van der Waals surface area contributed by atoms with Crippen molar-refractivity contribution >= 4 is 61.2 Å². The highest BCUT2D eigenvalue weighted by Gasteiger charge is 2.23. The second-order valence-corrected chi connectivity index (χ2v) is 9.11. The monoisotopic (exact) mass is 440 g/mol. The van der Waals surface area contributed by atoms with Crippen molar-refractivity contribution < 1.29 is 9.59 Å². The number of thiophene rings is 2. The Hall–Kier alpha value is -2.67. The van der Waals surface area contributed by atoms with Crippen molar-refractivity contribution in [3.63, 3.8) is 0 Å². The van der Waals surface area contributed by atoms with Crippen LogP contribution in [0.1, 0.15) is 36.0 Å². The van der Waals surface area contributed by atoms with Gasteiger partial charge in [-0.3, -0.25) is 9.59 Å². The van der Waals surface area contributed by atoms with E-state index in [0.29, 0.717) is 26.9 Å². The van der Waals surface area contributed by atoms with Gasteiger partial charge >= 0.3 is 0 Å². The summed E-state index contributed by atoms with van der Waals surface area (Å²) in [6.45, 7) is 1.86. The van der Waals surface area contributed by atoms with E-state index in [0.717, 1.165) is 26.1 Å². The van der Waals surface area contributed by atoms with Crippen molar-refractivity contribution in [2.75, 3.05) is 5.32 Å². The van der Waals surface area contributed by atoms with Gasteiger partial charge in [0.2, 0.25) is 0 Å². The van der Waals surface area contributed by atoms with E-state index in [-0.39, 0.29) is 5.91 Å². The van der Waals surface area contributed by atoms with Gasteiger partial charge in [-0.15, -0.1) is 22.7 Å². The molecule has 3 N–H and O–H groups in total. The lowest BCUT2D eigenvalue weighted by Crippen LogP contribution is -2.17. The number of halogens is 1. The predicted molar refractivity (Wildman–Crippen MR) is 122 cm³/mol. The first-order chi connectivity index (χ1) is 14.0. The van der Waals surface area contributed by atoms with Crippen LogP contribution in [-0.2, 0) is 6.42 Å². The number of nitrogens with one attached hydrogen (secondary N) is 1. The Labute approximate surface area is 180 Å². The van der Waals surface area contributed by atoms with E-state index < -0.39 is 5.91 Å². The maximum atomic E-state index is 12.9. The van der Waals surface area contributed by atoms with Gasteiger partial charge in [-0.25, -0.2) is 0 Å². The molecule has 4 nitrogen and oxygen atoms in total. The second kappa shape index (κ2) is 7.99. The molecule has 0 aliphatic rings. The molecule has 0 aliphatic heterocycles. The summed E-state index contributed by atoms with van der Waals surface area (Å²) in [5.41, 5.74) is 7.89. The van der Waals surface area contributed by atoms with Gasteiger partial charge in [0.25, 0.3) is 11.8 Å². The molecule has 146 valence electrons. The quantitative estimate of drug-likeness (QED) is 0.407. The molecule has 4 rings (SSSR count). The molecule has 2 aromatic heterocycles. The molecular formula is C22H17ClN2O2S2. The van der Waals surface area contributed by atoms with Crippen molar-refractivity contribution in [1.82, 2.24) is 0 Å². The fraction of sp³-hybridized carbons (Fsp3) is 0.0909. The number of nitrogens with two attached hydrogens (primary N) is 1. The molecule has 4 aromatic rings. The zero-order valence-corrected chi connectivity index (χ0v) is 17.9. The van der Waals surface area contributed by atoms with Crippen LogP contribution in [-0.4, -0.2) is 11.8 Å². The SMILES string of the molecule is Cc1c(Cc2ccccc2)sc(NC(=O)c2sc3ccccc3c2Cl)c1C(N)=O. The van der Waals surface area contributed by atoms with Crippen LogP contribution in [0.5, 0.6) is 0 Å². The Morgan fingerprint density at radius 2 is 1.72 bits per heavy atom. The number of benzene rings is 2. The molecule has 29 heavy (non-hydrogen) atoms. The van der Waals surface area contributed by atoms with Crippen molar-refractivity contribution in [3.05, 3.63) is 86.1 Å². The minimum atomic E-state index is -0.559. The van der Waals surface area contributed by atoms with E-state index in [4.69, 9.17) is 17.3 Å². The Bertz CT molecular complexity index is 1230. The van der Waals surface area contributed by atoms with Crippen molar-refractivity contribution in [3.8, 4) is 0 Å². The largest absolute Gasteiger partial charge is 0.365 e. The van der Waals surface area contributed by atoms with Gasteiger partial charge in [0, 0.05) is 21.4 Å². The number of hydrogen-bond donors (Lipinski definition) is 2. The topological polar surface area (TPSA) is 72.2 Å². The molecule has 0 fully saturated rings. The van der Waals surface area contributed by atoms with Crippen LogP contribution in [0.25, 0.3) is 10.1 Å². The van der Waals surface area contributed by atoms with Gasteiger partial charge in [-0.2, -0.15) is 0 Å². The number of amides is 2. The van der Waals surface area contributed by atoms with E-state index in [1.807, 2.05) is 61.5 Å². The molecule has 2 heterocycles. The predicted octanol–water partition coefficient (Wildman–Crippen LogP) is 5.87. The smallest absolute Gasteiger partial charge is 0.267 e. The number of hydrogen-bond acceptors (Lipinski definition) is 4. The standard InChI is InChI=1S/C22H17ClN2O2S2/c1-12-16(11-13-7-3-2-4-8-13)29-22(17(12)20(24)26)25-21(27)19-18(23)14-9-5-6-10-15(14)28-19/h2-10H,11H2,1H3,(H2,24,26)(H,25,27). The van der Waals surface area contributed by atoms with E-state index in [1.54, 1.807) is 0 Å². The lowest BCUT2D eigenvalue weighted by Gasteiger charge is -2.04. The van der Waals surface area contributed by atoms with Gasteiger partial charge in [0.1, 0.15) is 9.88 Å². The maximum absolute atomic E-state index is 12.9. The van der Waals surface area contributed by atoms with Crippen LogP contribution in [0.4, 0.5) is 5.00 Å². The number of rotatable bonds is 5. The summed E-state index contributed by atoms with van der Waals surface area (Å²) in [4.78, 5) is 26.4. The van der Waals surface area contributed by atoms with Crippen LogP contribution >= 0.6 is 34.3 Å². The summed E-state index contributed by atoms with van der Waals surface area (Å²) in [7, 11) is 0. The highest BCUT2D eigenvalue weighted by molar-refractivity contribution is 7.22. The number of primary amides is 1. The lowest BCUT2D eigenvalue weighted by molar-refractivity contribution is 0.100. The summed E-state index contributed by atoms with van der Waals surface area (Å²) in [5.74, 6) is -0.901. The van der Waals surface area contributed by atoms with Gasteiger partial charge in [-0.05, 0) is 24.1 Å². The molecule has 2 aromatic carbocycles. The van der Waals surface area contributed by atoms with Crippen LogP contribution in [0.15, 0.2) is 54.6 Å². The van der Waals surface area contributed by atoms with Gasteiger partial charge in [0.05, 0.1) is 10.6 Å². The maximum Gasteiger partial charge on any atom is 0.267 e. The number of anilines is 1. The second-order valence-electron chi connectivity index (χ2n) is 6.58. The Kier molecular flexibility index (Phi) is 5.41. The van der Waals surface area contributed by atoms with Gasteiger partial charge < -0.3 is 11.1 Å². The Balaban J connectivity index is 1.68. The molecule has 0 atom stereocenters. The summed E-state index contributed by atoms with van der Waals surface area (Å²) in [6.07, 6.45) is 0.664. The number of carbonyl (C=O) groups excluding carboxylic acids is 2. The van der Waals surface area contributed by atoms with Gasteiger partial charge in [0.15, 0.2) is 0 Å². The van der Waals surface area contributed by atoms with E-state index in [1.165, 1.54) is 22.7 Å². The molecule has 0 saturated carbocycles. The van der Waals surface area contributed by atoms with Crippen LogP contribution < -0.4 is 11.1 Å². The van der Waals surface area contributed by atoms with Crippen molar-refractivity contribution in [2.45, 2.75) is 13.3 Å². The summed E-state index contributed by atoms with van der Waals surface area (Å²) < 4.78 is 0.935. The molecule has 0 aliphatic carbocycles. The first kappa shape index (κ1) is 19.6. The third-order valence-electron chi connectivity index (χ3n) is 4.67. The van der Waals surface area contributed by atoms with Crippen LogP contribution in [0, 0.1) is 6.92 Å². The van der Waals surface area contributed by atoms with E-state index in [2.05, 4.69) is 5.32 Å². The zero-order chi connectivity index (χ0) is 20.5. The highest BCUT2D eigenvalue weighted by atomic mass is 35.5. The van der Waals surface area contributed by atoms with Crippen molar-refractivity contribution in [1.29, 1.82) is 0 Å². The summed E-state index contributed by atoms with van der Waals surface area (Å²) >= 11 is 9.12. The average molecular weight is 441 g/mol. The molecule has 7 heteroatoms. The molecule has 0 spiro atoms. The molecule has 0 unspecified atom stereocenters. The molecule has 0 bridgehead atoms. The Morgan fingerprint density at radius 3 is 2.41 bits per heavy atom. The minimum Gasteiger partial charge on any atom is -0.365 e. The molecular weight excluding hydrogens is 424 g/mol. The zero-order valence-electron chi connectivity index (χ0n) is 15.5. The molecule has 2 amide bonds. The van der Waals surface area contributed by atoms with E-state index >= 15 is 0 Å². The Morgan fingerprint density at radius 1 is 1.03 bits per heavy atom. The van der Waals surface area contributed by atoms with Crippen molar-refractivity contribution in [2.24, 2.45) is 5.73 Å². The summed E-state index contributed by atoms with van der Waals surface area (Å²) in [5, 5.41) is 4.58. The number of carbonyl (C=O) groups is 2. The lowest BCUT2D eigenvalue weighted by atomic mass is 10.1. The van der Waals surface area contributed by atoms with Crippen LogP contribution in [0.3, 0.4) is 0 Å². The first-order valence-electron chi connectivity index (χ1n) is 8.90.